The van der Waals surface area contributed by atoms with Gasteiger partial charge in [-0.15, -0.1) is 0 Å². The minimum absolute atomic E-state index is 0. The van der Waals surface area contributed by atoms with E-state index < -0.39 is 6.10 Å². The summed E-state index contributed by atoms with van der Waals surface area (Å²) in [5.74, 6) is -0.161. The number of benzene rings is 3. The lowest BCUT2D eigenvalue weighted by atomic mass is 10.1. The van der Waals surface area contributed by atoms with Crippen molar-refractivity contribution in [2.24, 2.45) is 0 Å². The van der Waals surface area contributed by atoms with E-state index in [4.69, 9.17) is 62.7 Å². The summed E-state index contributed by atoms with van der Waals surface area (Å²) in [5.41, 5.74) is 2.26. The first kappa shape index (κ1) is 32.2. The molecule has 1 aromatic heterocycles. The van der Waals surface area contributed by atoms with E-state index >= 15 is 0 Å². The van der Waals surface area contributed by atoms with Gasteiger partial charge in [-0.3, -0.25) is 4.79 Å². The van der Waals surface area contributed by atoms with Crippen LogP contribution < -0.4 is 22.3 Å². The maximum absolute atomic E-state index is 12.5. The summed E-state index contributed by atoms with van der Waals surface area (Å²) in [7, 11) is 0. The van der Waals surface area contributed by atoms with Crippen molar-refractivity contribution < 1.29 is 32.0 Å². The minimum atomic E-state index is -0.412. The fourth-order valence-electron chi connectivity index (χ4n) is 3.56. The summed E-state index contributed by atoms with van der Waals surface area (Å²) in [6.45, 7) is 0.839. The van der Waals surface area contributed by atoms with Crippen LogP contribution in [0.2, 0.25) is 25.1 Å². The molecule has 0 aliphatic rings. The lowest BCUT2D eigenvalue weighted by Gasteiger charge is -2.19. The lowest BCUT2D eigenvalue weighted by molar-refractivity contribution is -0.683. The molecular formula is C26H23Cl6N3O3. The number of anilines is 1. The minimum Gasteiger partial charge on any atom is -1.00 e. The summed E-state index contributed by atoms with van der Waals surface area (Å²) in [5, 5.41) is 5.57. The number of nitrogens with one attached hydrogen (secondary N) is 1. The van der Waals surface area contributed by atoms with E-state index in [1.54, 1.807) is 53.1 Å². The molecule has 1 unspecified atom stereocenters. The molecule has 202 valence electrons. The first-order chi connectivity index (χ1) is 17.3. The summed E-state index contributed by atoms with van der Waals surface area (Å²) in [6.07, 6.45) is 5.10. The highest BCUT2D eigenvalue weighted by molar-refractivity contribution is 6.35. The normalized spacial score (nSPS) is 11.3. The van der Waals surface area contributed by atoms with Crippen LogP contribution >= 0.6 is 58.0 Å². The fourth-order valence-corrected chi connectivity index (χ4v) is 4.68. The Morgan fingerprint density at radius 2 is 1.53 bits per heavy atom. The number of rotatable bonds is 9. The zero-order valence-electron chi connectivity index (χ0n) is 19.7. The van der Waals surface area contributed by atoms with Gasteiger partial charge < -0.3 is 27.9 Å². The van der Waals surface area contributed by atoms with Gasteiger partial charge in [0.15, 0.2) is 6.54 Å². The van der Waals surface area contributed by atoms with Crippen molar-refractivity contribution in [3.05, 3.63) is 116 Å². The molecule has 0 spiro atoms. The Balaban J connectivity index is 0.00000253. The van der Waals surface area contributed by atoms with Gasteiger partial charge in [-0.1, -0.05) is 70.1 Å². The van der Waals surface area contributed by atoms with Crippen LogP contribution in [0.4, 0.5) is 5.69 Å². The molecular weight excluding hydrogens is 615 g/mol. The van der Waals surface area contributed by atoms with Crippen LogP contribution in [0.15, 0.2) is 79.4 Å². The number of carbonyl (C=O) groups is 1. The van der Waals surface area contributed by atoms with Gasteiger partial charge in [0.05, 0.1) is 6.61 Å². The molecule has 1 atom stereocenters. The van der Waals surface area contributed by atoms with Crippen molar-refractivity contribution in [3.63, 3.8) is 0 Å². The van der Waals surface area contributed by atoms with Crippen molar-refractivity contribution in [1.82, 2.24) is 4.57 Å². The van der Waals surface area contributed by atoms with Gasteiger partial charge in [0.25, 0.3) is 5.91 Å². The number of nitrogens with zero attached hydrogens (tertiary/aromatic N) is 2. The molecule has 0 radical (unpaired) electrons. The molecule has 0 aliphatic carbocycles. The van der Waals surface area contributed by atoms with Crippen LogP contribution in [0.1, 0.15) is 17.2 Å². The molecule has 1 amide bonds. The predicted molar refractivity (Wildman–Crippen MR) is 149 cm³/mol. The molecule has 0 saturated carbocycles. The quantitative estimate of drug-likeness (QED) is 0.283. The molecule has 4 aromatic rings. The van der Waals surface area contributed by atoms with Gasteiger partial charge in [0, 0.05) is 36.4 Å². The van der Waals surface area contributed by atoms with E-state index in [0.29, 0.717) is 37.3 Å². The maximum atomic E-state index is 12.5. The smallest absolute Gasteiger partial charge is 0.266 e. The lowest BCUT2D eigenvalue weighted by Crippen LogP contribution is -3.00. The zero-order valence-corrected chi connectivity index (χ0v) is 24.2. The van der Waals surface area contributed by atoms with Gasteiger partial charge in [-0.25, -0.2) is 9.13 Å². The SMILES string of the molecule is O.O=C(C[n+]1ccn(CC(OCc2ccc(Cl)cc2Cl)c2ccc(Cl)cc2Cl)c1)Nc1ccc(Cl)cc1.[Cl-]. The number of ether oxygens (including phenoxy) is 1. The summed E-state index contributed by atoms with van der Waals surface area (Å²) in [4.78, 5) is 12.5. The zero-order chi connectivity index (χ0) is 25.7. The van der Waals surface area contributed by atoms with E-state index in [1.807, 2.05) is 35.4 Å². The first-order valence-electron chi connectivity index (χ1n) is 10.9. The number of aromatic nitrogens is 2. The van der Waals surface area contributed by atoms with Crippen molar-refractivity contribution >= 4 is 69.6 Å². The van der Waals surface area contributed by atoms with Gasteiger partial charge in [0.2, 0.25) is 6.33 Å². The Morgan fingerprint density at radius 3 is 2.18 bits per heavy atom. The molecule has 1 heterocycles. The Kier molecular flexibility index (Phi) is 12.7. The van der Waals surface area contributed by atoms with Crippen LogP contribution in [0.3, 0.4) is 0 Å². The van der Waals surface area contributed by atoms with Crippen molar-refractivity contribution in [1.29, 1.82) is 0 Å². The predicted octanol–water partition coefficient (Wildman–Crippen LogP) is 3.82. The van der Waals surface area contributed by atoms with Gasteiger partial charge in [-0.2, -0.15) is 0 Å². The second kappa shape index (κ2) is 15.0. The third kappa shape index (κ3) is 9.04. The first-order valence-corrected chi connectivity index (χ1v) is 12.8. The molecule has 38 heavy (non-hydrogen) atoms. The van der Waals surface area contributed by atoms with Crippen LogP contribution in [-0.2, 0) is 29.2 Å². The average Bonchev–Trinajstić information content (AvgIpc) is 3.26. The van der Waals surface area contributed by atoms with E-state index in [2.05, 4.69) is 5.32 Å². The summed E-state index contributed by atoms with van der Waals surface area (Å²) < 4.78 is 9.97. The molecule has 0 aliphatic heterocycles. The Bertz CT molecular complexity index is 1360. The third-order valence-corrected chi connectivity index (χ3v) is 6.74. The number of imidazole rings is 1. The summed E-state index contributed by atoms with van der Waals surface area (Å²) in [6, 6.07) is 17.5. The second-order valence-electron chi connectivity index (χ2n) is 8.04. The number of amides is 1. The van der Waals surface area contributed by atoms with Crippen molar-refractivity contribution in [2.45, 2.75) is 25.8 Å². The number of halogens is 6. The topological polar surface area (TPSA) is 78.6 Å². The summed E-state index contributed by atoms with van der Waals surface area (Å²) >= 11 is 30.8. The molecule has 0 fully saturated rings. The number of hydrogen-bond donors (Lipinski definition) is 1. The molecule has 4 rings (SSSR count). The average molecular weight is 638 g/mol. The van der Waals surface area contributed by atoms with Gasteiger partial charge in [-0.05, 0) is 54.1 Å². The van der Waals surface area contributed by atoms with Crippen LogP contribution in [0.25, 0.3) is 0 Å². The molecule has 0 bridgehead atoms. The Labute approximate surface area is 251 Å². The van der Waals surface area contributed by atoms with E-state index in [1.165, 1.54) is 0 Å². The second-order valence-corrected chi connectivity index (χ2v) is 10.2. The molecule has 6 nitrogen and oxygen atoms in total. The molecule has 0 saturated heterocycles. The largest absolute Gasteiger partial charge is 1.00 e. The molecule has 3 aromatic carbocycles. The maximum Gasteiger partial charge on any atom is 0.266 e. The Hall–Kier alpha value is -2.00. The van der Waals surface area contributed by atoms with E-state index in [0.717, 1.165) is 11.1 Å². The van der Waals surface area contributed by atoms with Crippen LogP contribution in [0, 0.1) is 0 Å². The van der Waals surface area contributed by atoms with Gasteiger partial charge >= 0.3 is 0 Å². The molecule has 3 N–H and O–H groups in total. The van der Waals surface area contributed by atoms with Crippen molar-refractivity contribution in [3.8, 4) is 0 Å². The van der Waals surface area contributed by atoms with E-state index in [-0.39, 0.29) is 36.9 Å². The van der Waals surface area contributed by atoms with Crippen molar-refractivity contribution in [2.75, 3.05) is 5.32 Å². The fraction of sp³-hybridized carbons (Fsp3) is 0.154. The Morgan fingerprint density at radius 1 is 0.895 bits per heavy atom. The number of carbonyl (C=O) groups excluding carboxylic acids is 1. The third-order valence-electron chi connectivity index (χ3n) is 5.34. The number of hydrogen-bond acceptors (Lipinski definition) is 2. The highest BCUT2D eigenvalue weighted by atomic mass is 35.5. The highest BCUT2D eigenvalue weighted by Crippen LogP contribution is 2.31. The highest BCUT2D eigenvalue weighted by Gasteiger charge is 2.21. The van der Waals surface area contributed by atoms with Gasteiger partial charge in [0.1, 0.15) is 25.0 Å². The van der Waals surface area contributed by atoms with Crippen LogP contribution in [0.5, 0.6) is 0 Å². The van der Waals surface area contributed by atoms with E-state index in [9.17, 15) is 4.79 Å². The monoisotopic (exact) mass is 635 g/mol. The van der Waals surface area contributed by atoms with Crippen LogP contribution in [-0.4, -0.2) is 16.0 Å². The standard InChI is InChI=1S/C26H20Cl5N3O2.ClH.H2O/c27-18-3-6-21(7-4-18)32-26(35)14-34-10-9-33(16-34)13-25(22-8-5-20(29)12-24(22)31)36-15-17-1-2-19(28)11-23(17)30;;/h1-12,16,25H,13-15H2;1H;1H2. The molecule has 12 heteroatoms.